The second kappa shape index (κ2) is 10.3. The van der Waals surface area contributed by atoms with Crippen molar-refractivity contribution in [2.24, 2.45) is 0 Å². The molecule has 0 unspecified atom stereocenters. The number of rotatable bonds is 8. The third-order valence-corrected chi connectivity index (χ3v) is 6.35. The fourth-order valence-electron chi connectivity index (χ4n) is 3.52. The van der Waals surface area contributed by atoms with E-state index in [0.717, 1.165) is 18.5 Å². The predicted molar refractivity (Wildman–Crippen MR) is 129 cm³/mol. The van der Waals surface area contributed by atoms with Crippen LogP contribution in [-0.4, -0.2) is 49.1 Å². The summed E-state index contributed by atoms with van der Waals surface area (Å²) in [6, 6.07) is 12.0. The van der Waals surface area contributed by atoms with Gasteiger partial charge in [0.1, 0.15) is 11.3 Å². The van der Waals surface area contributed by atoms with E-state index in [9.17, 15) is 9.18 Å². The van der Waals surface area contributed by atoms with Gasteiger partial charge in [0.05, 0.1) is 11.8 Å². The average Bonchev–Trinajstić information content (AvgIpc) is 3.41. The molecule has 0 aliphatic heterocycles. The van der Waals surface area contributed by atoms with E-state index in [-0.39, 0.29) is 29.6 Å². The van der Waals surface area contributed by atoms with Crippen molar-refractivity contribution in [1.29, 1.82) is 0 Å². The maximum atomic E-state index is 14.2. The second-order valence-corrected chi connectivity index (χ2v) is 8.07. The summed E-state index contributed by atoms with van der Waals surface area (Å²) in [6.07, 6.45) is 0. The van der Waals surface area contributed by atoms with Crippen LogP contribution in [0, 0.1) is 5.82 Å². The van der Waals surface area contributed by atoms with E-state index in [4.69, 9.17) is 9.15 Å². The number of furan rings is 1. The van der Waals surface area contributed by atoms with Gasteiger partial charge in [0, 0.05) is 18.5 Å². The number of hydrogen-bond acceptors (Lipinski definition) is 6. The Kier molecular flexibility index (Phi) is 7.71. The van der Waals surface area contributed by atoms with Crippen LogP contribution in [0.1, 0.15) is 24.4 Å². The SMILES string of the molecule is CCN(CC)CCN(C(=O)c1cc2cccc(OC)c2o1)c1nc2c(F)cccc2s1.Cl. The molecule has 4 rings (SSSR count). The van der Waals surface area contributed by atoms with Gasteiger partial charge in [-0.3, -0.25) is 9.69 Å². The number of ether oxygens (including phenoxy) is 1. The lowest BCUT2D eigenvalue weighted by molar-refractivity contribution is 0.0959. The zero-order valence-electron chi connectivity index (χ0n) is 18.1. The van der Waals surface area contributed by atoms with Gasteiger partial charge in [-0.25, -0.2) is 9.37 Å². The lowest BCUT2D eigenvalue weighted by Crippen LogP contribution is -2.38. The normalized spacial score (nSPS) is 11.2. The Labute approximate surface area is 196 Å². The summed E-state index contributed by atoms with van der Waals surface area (Å²) < 4.78 is 26.2. The minimum absolute atomic E-state index is 0. The minimum atomic E-state index is -0.399. The Balaban J connectivity index is 0.00000289. The van der Waals surface area contributed by atoms with Crippen molar-refractivity contribution in [3.63, 3.8) is 0 Å². The first-order valence-corrected chi connectivity index (χ1v) is 11.0. The van der Waals surface area contributed by atoms with E-state index in [1.54, 1.807) is 36.3 Å². The molecule has 1 amide bonds. The second-order valence-electron chi connectivity index (χ2n) is 7.06. The zero-order chi connectivity index (χ0) is 22.0. The van der Waals surface area contributed by atoms with Crippen molar-refractivity contribution < 1.29 is 18.3 Å². The molecule has 0 bridgehead atoms. The fourth-order valence-corrected chi connectivity index (χ4v) is 4.52. The number of hydrogen-bond donors (Lipinski definition) is 0. The number of anilines is 1. The maximum Gasteiger partial charge on any atom is 0.295 e. The third kappa shape index (κ3) is 4.57. The molecular formula is C23H25ClFN3O3S. The molecular weight excluding hydrogens is 453 g/mol. The molecule has 0 atom stereocenters. The highest BCUT2D eigenvalue weighted by Crippen LogP contribution is 2.33. The van der Waals surface area contributed by atoms with Gasteiger partial charge < -0.3 is 14.1 Å². The summed E-state index contributed by atoms with van der Waals surface area (Å²) in [7, 11) is 1.56. The molecule has 2 aromatic carbocycles. The molecule has 0 spiro atoms. The standard InChI is InChI=1S/C23H24FN3O3S.ClH/c1-4-26(5-2)12-13-27(23-25-20-16(24)9-7-11-19(20)31-23)22(28)18-14-15-8-6-10-17(29-3)21(15)30-18;/h6-11,14H,4-5,12-13H2,1-3H3;1H. The Hall–Kier alpha value is -2.68. The van der Waals surface area contributed by atoms with Crippen molar-refractivity contribution in [2.75, 3.05) is 38.2 Å². The number of fused-ring (bicyclic) bond motifs is 2. The molecule has 2 heterocycles. The first kappa shape index (κ1) is 24.0. The molecule has 0 aliphatic carbocycles. The van der Waals surface area contributed by atoms with E-state index in [0.29, 0.717) is 34.3 Å². The van der Waals surface area contributed by atoms with Gasteiger partial charge in [-0.2, -0.15) is 0 Å². The number of benzene rings is 2. The number of carbonyl (C=O) groups is 1. The van der Waals surface area contributed by atoms with Crippen LogP contribution in [0.25, 0.3) is 21.2 Å². The largest absolute Gasteiger partial charge is 0.493 e. The molecule has 0 radical (unpaired) electrons. The third-order valence-electron chi connectivity index (χ3n) is 5.31. The van der Waals surface area contributed by atoms with Crippen molar-refractivity contribution in [3.8, 4) is 5.75 Å². The number of methoxy groups -OCH3 is 1. The summed E-state index contributed by atoms with van der Waals surface area (Å²) in [5.41, 5.74) is 0.793. The van der Waals surface area contributed by atoms with Crippen LogP contribution in [0.2, 0.25) is 0 Å². The van der Waals surface area contributed by atoms with E-state index < -0.39 is 5.82 Å². The van der Waals surface area contributed by atoms with Crippen LogP contribution in [0.5, 0.6) is 5.75 Å². The minimum Gasteiger partial charge on any atom is -0.493 e. The Morgan fingerprint density at radius 2 is 1.91 bits per heavy atom. The van der Waals surface area contributed by atoms with Crippen molar-refractivity contribution in [3.05, 3.63) is 54.0 Å². The molecule has 9 heteroatoms. The van der Waals surface area contributed by atoms with Crippen LogP contribution in [0.3, 0.4) is 0 Å². The summed E-state index contributed by atoms with van der Waals surface area (Å²) in [6.45, 7) is 6.98. The lowest BCUT2D eigenvalue weighted by atomic mass is 10.2. The quantitative estimate of drug-likeness (QED) is 0.330. The molecule has 2 aromatic heterocycles. The summed E-state index contributed by atoms with van der Waals surface area (Å²) >= 11 is 1.29. The summed E-state index contributed by atoms with van der Waals surface area (Å²) in [4.78, 5) is 21.7. The molecule has 0 N–H and O–H groups in total. The van der Waals surface area contributed by atoms with E-state index in [1.807, 2.05) is 12.1 Å². The van der Waals surface area contributed by atoms with Gasteiger partial charge in [0.15, 0.2) is 22.2 Å². The molecule has 0 saturated carbocycles. The first-order chi connectivity index (χ1) is 15.0. The van der Waals surface area contributed by atoms with Gasteiger partial charge in [-0.05, 0) is 37.4 Å². The number of likely N-dealkylation sites (N-methyl/N-ethyl adjacent to an activating group) is 1. The van der Waals surface area contributed by atoms with Crippen molar-refractivity contribution in [1.82, 2.24) is 9.88 Å². The number of para-hydroxylation sites is 2. The monoisotopic (exact) mass is 477 g/mol. The molecule has 0 fully saturated rings. The number of aromatic nitrogens is 1. The molecule has 0 aliphatic rings. The van der Waals surface area contributed by atoms with Crippen molar-refractivity contribution in [2.45, 2.75) is 13.8 Å². The molecule has 0 saturated heterocycles. The highest BCUT2D eigenvalue weighted by atomic mass is 35.5. The molecule has 32 heavy (non-hydrogen) atoms. The summed E-state index contributed by atoms with van der Waals surface area (Å²) in [5, 5.41) is 1.23. The number of carbonyl (C=O) groups excluding carboxylic acids is 1. The number of amides is 1. The van der Waals surface area contributed by atoms with Crippen LogP contribution in [0.15, 0.2) is 46.9 Å². The van der Waals surface area contributed by atoms with E-state index >= 15 is 0 Å². The topological polar surface area (TPSA) is 58.8 Å². The fraction of sp³-hybridized carbons (Fsp3) is 0.304. The van der Waals surface area contributed by atoms with Crippen molar-refractivity contribution >= 4 is 56.0 Å². The summed E-state index contributed by atoms with van der Waals surface area (Å²) in [5.74, 6) is 0.0431. The maximum absolute atomic E-state index is 14.2. The van der Waals surface area contributed by atoms with Gasteiger partial charge in [-0.15, -0.1) is 12.4 Å². The van der Waals surface area contributed by atoms with Gasteiger partial charge in [0.2, 0.25) is 0 Å². The molecule has 4 aromatic rings. The average molecular weight is 478 g/mol. The lowest BCUT2D eigenvalue weighted by Gasteiger charge is -2.24. The molecule has 170 valence electrons. The number of thiazole rings is 1. The smallest absolute Gasteiger partial charge is 0.295 e. The van der Waals surface area contributed by atoms with E-state index in [1.165, 1.54) is 17.4 Å². The number of halogens is 2. The van der Waals surface area contributed by atoms with Crippen LogP contribution in [-0.2, 0) is 0 Å². The highest BCUT2D eigenvalue weighted by molar-refractivity contribution is 7.22. The molecule has 6 nitrogen and oxygen atoms in total. The number of nitrogens with zero attached hydrogens (tertiary/aromatic N) is 3. The van der Waals surface area contributed by atoms with Crippen LogP contribution >= 0.6 is 23.7 Å². The Morgan fingerprint density at radius 3 is 2.59 bits per heavy atom. The Morgan fingerprint density at radius 1 is 1.16 bits per heavy atom. The zero-order valence-corrected chi connectivity index (χ0v) is 19.8. The predicted octanol–water partition coefficient (Wildman–Crippen LogP) is 5.60. The van der Waals surface area contributed by atoms with Crippen LogP contribution in [0.4, 0.5) is 9.52 Å². The van der Waals surface area contributed by atoms with Gasteiger partial charge in [0.25, 0.3) is 5.91 Å². The van der Waals surface area contributed by atoms with Crippen LogP contribution < -0.4 is 9.64 Å². The first-order valence-electron chi connectivity index (χ1n) is 10.2. The van der Waals surface area contributed by atoms with Gasteiger partial charge >= 0.3 is 0 Å². The van der Waals surface area contributed by atoms with Gasteiger partial charge in [-0.1, -0.05) is 43.4 Å². The highest BCUT2D eigenvalue weighted by Gasteiger charge is 2.26. The Bertz CT molecular complexity index is 1220. The van der Waals surface area contributed by atoms with E-state index in [2.05, 4.69) is 23.7 Å².